The van der Waals surface area contributed by atoms with E-state index >= 15 is 0 Å². The molecule has 0 amide bonds. The lowest BCUT2D eigenvalue weighted by molar-refractivity contribution is -0.870. The molecule has 0 aliphatic rings. The molecule has 0 fully saturated rings. The molecule has 9 nitrogen and oxygen atoms in total. The fourth-order valence-electron chi connectivity index (χ4n) is 6.48. The maximum absolute atomic E-state index is 12.8. The van der Waals surface area contributed by atoms with Crippen molar-refractivity contribution in [2.24, 2.45) is 0 Å². The van der Waals surface area contributed by atoms with Gasteiger partial charge in [-0.25, -0.2) is 4.79 Å². The Balaban J connectivity index is 4.39. The molecule has 9 heteroatoms. The van der Waals surface area contributed by atoms with E-state index in [9.17, 15) is 19.5 Å². The average Bonchev–Trinajstić information content (AvgIpc) is 3.26. The zero-order valence-electron chi connectivity index (χ0n) is 41.4. The van der Waals surface area contributed by atoms with Gasteiger partial charge in [-0.2, -0.15) is 0 Å². The summed E-state index contributed by atoms with van der Waals surface area (Å²) in [6, 6.07) is 0. The number of esters is 2. The second kappa shape index (κ2) is 46.0. The quantitative estimate of drug-likeness (QED) is 0.0212. The van der Waals surface area contributed by atoms with E-state index in [1.54, 1.807) is 0 Å². The fraction of sp³-hybridized carbons (Fsp3) is 0.691. The summed E-state index contributed by atoms with van der Waals surface area (Å²) in [6.45, 7) is 4.71. The van der Waals surface area contributed by atoms with E-state index in [1.165, 1.54) is 38.5 Å². The van der Waals surface area contributed by atoms with Gasteiger partial charge in [0.2, 0.25) is 0 Å². The van der Waals surface area contributed by atoms with Crippen LogP contribution >= 0.6 is 0 Å². The first-order valence-corrected chi connectivity index (χ1v) is 25.3. The zero-order valence-corrected chi connectivity index (χ0v) is 41.4. The van der Waals surface area contributed by atoms with Crippen LogP contribution in [-0.4, -0.2) is 87.4 Å². The van der Waals surface area contributed by atoms with Crippen molar-refractivity contribution in [1.29, 1.82) is 0 Å². The third-order valence-corrected chi connectivity index (χ3v) is 10.4. The van der Waals surface area contributed by atoms with Gasteiger partial charge in [-0.1, -0.05) is 170 Å². The Bertz CT molecular complexity index is 1320. The summed E-state index contributed by atoms with van der Waals surface area (Å²) in [4.78, 5) is 37.2. The van der Waals surface area contributed by atoms with Gasteiger partial charge in [0.05, 0.1) is 34.4 Å². The van der Waals surface area contributed by atoms with Gasteiger partial charge < -0.3 is 28.5 Å². The van der Waals surface area contributed by atoms with Crippen molar-refractivity contribution in [3.05, 3.63) is 85.1 Å². The van der Waals surface area contributed by atoms with E-state index < -0.39 is 24.3 Å². The monoisotopic (exact) mass is 897 g/mol. The minimum absolute atomic E-state index is 0.179. The maximum atomic E-state index is 12.8. The Hall–Kier alpha value is -3.53. The van der Waals surface area contributed by atoms with E-state index in [4.69, 9.17) is 18.9 Å². The number of quaternary nitrogens is 1. The van der Waals surface area contributed by atoms with Gasteiger partial charge in [0, 0.05) is 12.8 Å². The van der Waals surface area contributed by atoms with E-state index in [-0.39, 0.29) is 38.6 Å². The Kier molecular flexibility index (Phi) is 43.5. The normalized spacial score (nSPS) is 13.6. The molecule has 0 aliphatic heterocycles. The van der Waals surface area contributed by atoms with Crippen LogP contribution in [0.25, 0.3) is 0 Å². The molecule has 1 N–H and O–H groups in total. The van der Waals surface area contributed by atoms with E-state index in [0.29, 0.717) is 17.4 Å². The van der Waals surface area contributed by atoms with Crippen LogP contribution in [0.1, 0.15) is 187 Å². The maximum Gasteiger partial charge on any atom is 0.361 e. The summed E-state index contributed by atoms with van der Waals surface area (Å²) in [7, 11) is 5.94. The third-order valence-electron chi connectivity index (χ3n) is 10.4. The van der Waals surface area contributed by atoms with Crippen LogP contribution in [0.2, 0.25) is 0 Å². The number of nitrogens with zero attached hydrogens (tertiary/aromatic N) is 1. The molecule has 0 aliphatic carbocycles. The smallest absolute Gasteiger partial charge is 0.361 e. The molecular weight excluding hydrogens is 803 g/mol. The van der Waals surface area contributed by atoms with Gasteiger partial charge >= 0.3 is 17.9 Å². The highest BCUT2D eigenvalue weighted by Crippen LogP contribution is 2.13. The highest BCUT2D eigenvalue weighted by Gasteiger charge is 2.25. The minimum Gasteiger partial charge on any atom is -0.477 e. The number of aliphatic carboxylic acids is 1. The van der Waals surface area contributed by atoms with E-state index in [2.05, 4.69) is 98.9 Å². The number of carboxylic acid groups (broad SMARTS) is 1. The predicted octanol–water partition coefficient (Wildman–Crippen LogP) is 14.1. The first-order chi connectivity index (χ1) is 31.1. The SMILES string of the molecule is CC/C=C\C/C=C\C/C=C\C/C=C\C/C=C\C/C=C\CCCCCCCCC(=O)OC(COC(=O)CCCCCCC/C=C\CCCCCCC)COC(OCC[N+](C)(C)C)C(=O)O. The largest absolute Gasteiger partial charge is 0.477 e. The van der Waals surface area contributed by atoms with Crippen molar-refractivity contribution in [2.45, 2.75) is 200 Å². The predicted molar refractivity (Wildman–Crippen MR) is 267 cm³/mol. The Morgan fingerprint density at radius 2 is 0.891 bits per heavy atom. The van der Waals surface area contributed by atoms with E-state index in [0.717, 1.165) is 116 Å². The highest BCUT2D eigenvalue weighted by atomic mass is 16.7. The summed E-state index contributed by atoms with van der Waals surface area (Å²) in [5.41, 5.74) is 0. The molecule has 0 rings (SSSR count). The highest BCUT2D eigenvalue weighted by molar-refractivity contribution is 5.71. The Morgan fingerprint density at radius 1 is 0.484 bits per heavy atom. The molecule has 0 aromatic carbocycles. The van der Waals surface area contributed by atoms with Crippen molar-refractivity contribution in [3.8, 4) is 0 Å². The number of likely N-dealkylation sites (N-methyl/N-ethyl adjacent to an activating group) is 1. The van der Waals surface area contributed by atoms with Crippen molar-refractivity contribution in [1.82, 2.24) is 0 Å². The zero-order chi connectivity index (χ0) is 47.0. The molecule has 0 aromatic rings. The second-order valence-corrected chi connectivity index (χ2v) is 17.7. The number of unbranched alkanes of at least 4 members (excludes halogenated alkanes) is 16. The van der Waals surface area contributed by atoms with Crippen molar-refractivity contribution in [2.75, 3.05) is 47.5 Å². The number of allylic oxidation sites excluding steroid dienone is 14. The summed E-state index contributed by atoms with van der Waals surface area (Å²) in [6.07, 6.45) is 56.4. The van der Waals surface area contributed by atoms with Crippen molar-refractivity contribution < 1.29 is 42.9 Å². The van der Waals surface area contributed by atoms with Gasteiger partial charge in [0.15, 0.2) is 6.10 Å². The summed E-state index contributed by atoms with van der Waals surface area (Å²) >= 11 is 0. The first-order valence-electron chi connectivity index (χ1n) is 25.3. The molecule has 0 radical (unpaired) electrons. The number of hydrogen-bond donors (Lipinski definition) is 1. The van der Waals surface area contributed by atoms with Crippen LogP contribution in [0, 0.1) is 0 Å². The number of carboxylic acids is 1. The molecule has 0 bridgehead atoms. The van der Waals surface area contributed by atoms with Crippen LogP contribution in [0.3, 0.4) is 0 Å². The molecule has 0 saturated carbocycles. The second-order valence-electron chi connectivity index (χ2n) is 17.7. The first kappa shape index (κ1) is 60.5. The standard InChI is InChI=1S/C55H93NO8/c1-6-8-10-12-14-16-18-20-22-23-24-25-26-27-28-29-30-31-32-34-36-38-40-42-44-46-53(58)64-51(50-63-55(54(59)60)61-48-47-56(3,4)5)49-62-52(57)45-43-41-39-37-35-33-21-19-17-15-13-11-9-7-2/h8,10,14,16,19-22,24-25,27-28,30-31,51,55H,6-7,9,11-13,15,17-18,23,26,29,32-50H2,1-5H3/p+1/b10-8-,16-14-,21-19-,22-20-,25-24-,28-27-,31-30-. The molecule has 366 valence electrons. The number of rotatable bonds is 45. The molecule has 64 heavy (non-hydrogen) atoms. The fourth-order valence-corrected chi connectivity index (χ4v) is 6.48. The lowest BCUT2D eigenvalue weighted by atomic mass is 10.1. The van der Waals surface area contributed by atoms with Gasteiger partial charge in [0.25, 0.3) is 6.29 Å². The third kappa shape index (κ3) is 46.5. The van der Waals surface area contributed by atoms with Crippen molar-refractivity contribution in [3.63, 3.8) is 0 Å². The summed E-state index contributed by atoms with van der Waals surface area (Å²) in [5.74, 6) is -2.05. The molecule has 2 unspecified atom stereocenters. The van der Waals surface area contributed by atoms with Gasteiger partial charge in [-0.3, -0.25) is 9.59 Å². The molecule has 0 heterocycles. The summed E-state index contributed by atoms with van der Waals surface area (Å²) in [5, 5.41) is 9.66. The van der Waals surface area contributed by atoms with Crippen LogP contribution in [0.15, 0.2) is 85.1 Å². The molecule has 0 aromatic heterocycles. The van der Waals surface area contributed by atoms with Crippen LogP contribution < -0.4 is 0 Å². The van der Waals surface area contributed by atoms with Crippen LogP contribution in [0.5, 0.6) is 0 Å². The van der Waals surface area contributed by atoms with Gasteiger partial charge in [-0.05, 0) is 89.9 Å². The molecular formula is C55H94NO8+. The lowest BCUT2D eigenvalue weighted by Crippen LogP contribution is -2.40. The Morgan fingerprint density at radius 3 is 1.34 bits per heavy atom. The van der Waals surface area contributed by atoms with Crippen LogP contribution in [-0.2, 0) is 33.3 Å². The molecule has 2 atom stereocenters. The number of carbonyl (C=O) groups excluding carboxylic acids is 2. The number of carbonyl (C=O) groups is 3. The Labute approximate surface area is 391 Å². The van der Waals surface area contributed by atoms with Crippen LogP contribution in [0.4, 0.5) is 0 Å². The molecule has 0 saturated heterocycles. The lowest BCUT2D eigenvalue weighted by Gasteiger charge is -2.25. The van der Waals surface area contributed by atoms with Gasteiger partial charge in [-0.15, -0.1) is 0 Å². The van der Waals surface area contributed by atoms with Gasteiger partial charge in [0.1, 0.15) is 13.2 Å². The number of hydrogen-bond acceptors (Lipinski definition) is 7. The topological polar surface area (TPSA) is 108 Å². The van der Waals surface area contributed by atoms with Crippen molar-refractivity contribution >= 4 is 17.9 Å². The van der Waals surface area contributed by atoms with E-state index in [1.807, 2.05) is 21.1 Å². The number of ether oxygens (including phenoxy) is 4. The minimum atomic E-state index is -1.52. The molecule has 0 spiro atoms. The summed E-state index contributed by atoms with van der Waals surface area (Å²) < 4.78 is 22.8. The average molecular weight is 897 g/mol.